The van der Waals surface area contributed by atoms with Gasteiger partial charge in [-0.15, -0.1) is 0 Å². The van der Waals surface area contributed by atoms with Gasteiger partial charge in [-0.3, -0.25) is 9.59 Å². The molecule has 2 aliphatic rings. The van der Waals surface area contributed by atoms with Gasteiger partial charge in [0.15, 0.2) is 17.3 Å². The van der Waals surface area contributed by atoms with Crippen LogP contribution in [0.25, 0.3) is 0 Å². The van der Waals surface area contributed by atoms with Crippen molar-refractivity contribution in [2.45, 2.75) is 71.8 Å². The largest absolute Gasteiger partial charge is 0.490 e. The predicted octanol–water partition coefficient (Wildman–Crippen LogP) is 5.59. The Morgan fingerprint density at radius 3 is 2.44 bits per heavy atom. The summed E-state index contributed by atoms with van der Waals surface area (Å²) in [5.74, 6) is 1.50. The van der Waals surface area contributed by atoms with Gasteiger partial charge in [-0.25, -0.2) is 4.79 Å². The van der Waals surface area contributed by atoms with Crippen LogP contribution in [0.5, 0.6) is 11.5 Å². The van der Waals surface area contributed by atoms with Gasteiger partial charge in [0.25, 0.3) is 0 Å². The standard InChI is InChI=1S/C31H40N2O6/c1-5-37-26-13-6-7-14-27(26)38-18-17-32(30(36)39-31(2,3)4)15-9-8-12-25(34)23-19-22-11-10-16-33-28(35)21-24(20-23)29(22)33/h6-7,13-14,19-20H,5,8-12,15-18,21H2,1-4H3. The van der Waals surface area contributed by atoms with Crippen LogP contribution >= 0.6 is 0 Å². The average Bonchev–Trinajstić information content (AvgIpc) is 3.21. The molecule has 0 aromatic heterocycles. The summed E-state index contributed by atoms with van der Waals surface area (Å²) in [4.78, 5) is 41.8. The van der Waals surface area contributed by atoms with E-state index >= 15 is 0 Å². The molecule has 0 bridgehead atoms. The average molecular weight is 537 g/mol. The fourth-order valence-corrected chi connectivity index (χ4v) is 5.10. The second-order valence-electron chi connectivity index (χ2n) is 11.0. The van der Waals surface area contributed by atoms with Gasteiger partial charge in [0.1, 0.15) is 12.2 Å². The molecule has 8 heteroatoms. The van der Waals surface area contributed by atoms with Crippen LogP contribution in [0.3, 0.4) is 0 Å². The minimum absolute atomic E-state index is 0.0743. The van der Waals surface area contributed by atoms with Crippen molar-refractivity contribution in [2.24, 2.45) is 0 Å². The number of ether oxygens (including phenoxy) is 3. The molecular weight excluding hydrogens is 496 g/mol. The number of Topliss-reactive ketones (excluding diaryl/α,β-unsaturated/α-hetero) is 1. The Morgan fingerprint density at radius 1 is 1.00 bits per heavy atom. The maximum absolute atomic E-state index is 13.0. The second-order valence-corrected chi connectivity index (χ2v) is 11.0. The SMILES string of the molecule is CCOc1ccccc1OCCN(CCCCC(=O)c1cc2c3c(c1)CC(=O)N3CCC2)C(=O)OC(C)(C)C. The van der Waals surface area contributed by atoms with Crippen molar-refractivity contribution in [1.29, 1.82) is 0 Å². The summed E-state index contributed by atoms with van der Waals surface area (Å²) in [7, 11) is 0. The van der Waals surface area contributed by atoms with Crippen LogP contribution in [0.4, 0.5) is 10.5 Å². The van der Waals surface area contributed by atoms with Gasteiger partial charge < -0.3 is 24.0 Å². The van der Waals surface area contributed by atoms with Crippen LogP contribution in [-0.4, -0.2) is 61.1 Å². The highest BCUT2D eigenvalue weighted by atomic mass is 16.6. The van der Waals surface area contributed by atoms with E-state index in [1.54, 1.807) is 4.90 Å². The van der Waals surface area contributed by atoms with E-state index in [2.05, 4.69) is 0 Å². The first-order chi connectivity index (χ1) is 18.7. The lowest BCUT2D eigenvalue weighted by molar-refractivity contribution is -0.117. The van der Waals surface area contributed by atoms with Gasteiger partial charge in [-0.1, -0.05) is 12.1 Å². The van der Waals surface area contributed by atoms with E-state index in [9.17, 15) is 14.4 Å². The molecule has 0 saturated heterocycles. The van der Waals surface area contributed by atoms with Gasteiger partial charge in [0.05, 0.1) is 25.3 Å². The lowest BCUT2D eigenvalue weighted by Gasteiger charge is -2.27. The molecular formula is C31H40N2O6. The number of amides is 2. The zero-order chi connectivity index (χ0) is 28.0. The summed E-state index contributed by atoms with van der Waals surface area (Å²) in [6.07, 6.45) is 3.49. The number of nitrogens with zero attached hydrogens (tertiary/aromatic N) is 2. The van der Waals surface area contributed by atoms with Gasteiger partial charge in [0, 0.05) is 25.1 Å². The van der Waals surface area contributed by atoms with Crippen molar-refractivity contribution in [3.63, 3.8) is 0 Å². The molecule has 0 atom stereocenters. The molecule has 2 aliphatic heterocycles. The first-order valence-corrected chi connectivity index (χ1v) is 14.0. The monoisotopic (exact) mass is 536 g/mol. The highest BCUT2D eigenvalue weighted by Crippen LogP contribution is 2.38. The minimum Gasteiger partial charge on any atom is -0.490 e. The number of aryl methyl sites for hydroxylation is 1. The fraction of sp³-hybridized carbons (Fsp3) is 0.516. The number of para-hydroxylation sites is 2. The van der Waals surface area contributed by atoms with Crippen LogP contribution in [0.1, 0.15) is 74.9 Å². The Hall–Kier alpha value is -3.55. The molecule has 39 heavy (non-hydrogen) atoms. The third kappa shape index (κ3) is 7.31. The fourth-order valence-electron chi connectivity index (χ4n) is 5.10. The first kappa shape index (κ1) is 28.5. The van der Waals surface area contributed by atoms with Crippen molar-refractivity contribution < 1.29 is 28.6 Å². The van der Waals surface area contributed by atoms with Gasteiger partial charge in [0.2, 0.25) is 5.91 Å². The normalized spacial score (nSPS) is 14.2. The van der Waals surface area contributed by atoms with E-state index in [1.807, 2.05) is 69.0 Å². The van der Waals surface area contributed by atoms with Crippen LogP contribution in [0.2, 0.25) is 0 Å². The number of anilines is 1. The second kappa shape index (κ2) is 12.5. The van der Waals surface area contributed by atoms with Crippen LogP contribution in [-0.2, 0) is 22.4 Å². The summed E-state index contributed by atoms with van der Waals surface area (Å²) >= 11 is 0. The van der Waals surface area contributed by atoms with Crippen molar-refractivity contribution >= 4 is 23.5 Å². The van der Waals surface area contributed by atoms with Crippen LogP contribution in [0.15, 0.2) is 36.4 Å². The smallest absolute Gasteiger partial charge is 0.410 e. The van der Waals surface area contributed by atoms with E-state index in [4.69, 9.17) is 14.2 Å². The Balaban J connectivity index is 1.31. The maximum atomic E-state index is 13.0. The molecule has 0 N–H and O–H groups in total. The Kier molecular flexibility index (Phi) is 9.15. The molecule has 2 heterocycles. The zero-order valence-electron chi connectivity index (χ0n) is 23.6. The quantitative estimate of drug-likeness (QED) is 0.260. The number of carbonyl (C=O) groups is 3. The van der Waals surface area contributed by atoms with Crippen molar-refractivity contribution in [3.8, 4) is 11.5 Å². The molecule has 0 spiro atoms. The molecule has 4 rings (SSSR count). The third-order valence-corrected chi connectivity index (χ3v) is 6.83. The van der Waals surface area contributed by atoms with Crippen LogP contribution in [0, 0.1) is 0 Å². The molecule has 0 radical (unpaired) electrons. The molecule has 2 aromatic rings. The molecule has 0 fully saturated rings. The molecule has 0 unspecified atom stereocenters. The van der Waals surface area contributed by atoms with E-state index in [0.717, 1.165) is 36.2 Å². The topological polar surface area (TPSA) is 85.4 Å². The first-order valence-electron chi connectivity index (χ1n) is 14.0. The zero-order valence-corrected chi connectivity index (χ0v) is 23.6. The van der Waals surface area contributed by atoms with E-state index in [1.165, 1.54) is 0 Å². The summed E-state index contributed by atoms with van der Waals surface area (Å²) in [5, 5.41) is 0. The van der Waals surface area contributed by atoms with Crippen molar-refractivity contribution in [1.82, 2.24) is 4.90 Å². The van der Waals surface area contributed by atoms with Crippen molar-refractivity contribution in [3.05, 3.63) is 53.1 Å². The van der Waals surface area contributed by atoms with E-state index in [-0.39, 0.29) is 18.3 Å². The molecule has 0 aliphatic carbocycles. The molecule has 0 saturated carbocycles. The lowest BCUT2D eigenvalue weighted by Crippen LogP contribution is -2.39. The van der Waals surface area contributed by atoms with Gasteiger partial charge >= 0.3 is 6.09 Å². The molecule has 210 valence electrons. The number of carbonyl (C=O) groups excluding carboxylic acids is 3. The number of unbranched alkanes of at least 4 members (excludes halogenated alkanes) is 1. The Bertz CT molecular complexity index is 1200. The van der Waals surface area contributed by atoms with Gasteiger partial charge in [-0.05, 0) is 88.8 Å². The van der Waals surface area contributed by atoms with E-state index < -0.39 is 11.7 Å². The molecule has 2 aromatic carbocycles. The lowest BCUT2D eigenvalue weighted by atomic mass is 9.94. The van der Waals surface area contributed by atoms with Crippen molar-refractivity contribution in [2.75, 3.05) is 37.7 Å². The molecule has 2 amide bonds. The number of rotatable bonds is 12. The van der Waals surface area contributed by atoms with E-state index in [0.29, 0.717) is 62.4 Å². The number of hydrogen-bond acceptors (Lipinski definition) is 6. The number of hydrogen-bond donors (Lipinski definition) is 0. The highest BCUT2D eigenvalue weighted by molar-refractivity contribution is 6.05. The summed E-state index contributed by atoms with van der Waals surface area (Å²) in [6.45, 7) is 9.83. The maximum Gasteiger partial charge on any atom is 0.410 e. The minimum atomic E-state index is -0.613. The summed E-state index contributed by atoms with van der Waals surface area (Å²) < 4.78 is 17.2. The third-order valence-electron chi connectivity index (χ3n) is 6.83. The Morgan fingerprint density at radius 2 is 1.72 bits per heavy atom. The predicted molar refractivity (Wildman–Crippen MR) is 150 cm³/mol. The highest BCUT2D eigenvalue weighted by Gasteiger charge is 2.33. The number of benzene rings is 2. The summed E-state index contributed by atoms with van der Waals surface area (Å²) in [5.41, 5.74) is 3.18. The van der Waals surface area contributed by atoms with Gasteiger partial charge in [-0.2, -0.15) is 0 Å². The molecule has 8 nitrogen and oxygen atoms in total. The number of ketones is 1. The Labute approximate surface area is 231 Å². The van der Waals surface area contributed by atoms with Crippen LogP contribution < -0.4 is 14.4 Å². The summed E-state index contributed by atoms with van der Waals surface area (Å²) in [6, 6.07) is 11.3.